The first-order valence-corrected chi connectivity index (χ1v) is 4.60. The van der Waals surface area contributed by atoms with E-state index < -0.39 is 0 Å². The SMILES string of the molecule is COC(CS/C=C\C(C)=O)OC. The lowest BCUT2D eigenvalue weighted by Gasteiger charge is -2.10. The van der Waals surface area contributed by atoms with E-state index in [-0.39, 0.29) is 12.1 Å². The van der Waals surface area contributed by atoms with Crippen molar-refractivity contribution < 1.29 is 14.3 Å². The summed E-state index contributed by atoms with van der Waals surface area (Å²) < 4.78 is 9.89. The summed E-state index contributed by atoms with van der Waals surface area (Å²) in [5.74, 6) is 0.741. The smallest absolute Gasteiger partial charge is 0.166 e. The van der Waals surface area contributed by atoms with Gasteiger partial charge in [0.2, 0.25) is 0 Å². The number of ether oxygens (including phenoxy) is 2. The van der Waals surface area contributed by atoms with E-state index in [0.717, 1.165) is 0 Å². The van der Waals surface area contributed by atoms with Crippen molar-refractivity contribution in [1.29, 1.82) is 0 Å². The minimum Gasteiger partial charge on any atom is -0.355 e. The largest absolute Gasteiger partial charge is 0.355 e. The van der Waals surface area contributed by atoms with Crippen LogP contribution in [0.5, 0.6) is 0 Å². The van der Waals surface area contributed by atoms with Crippen LogP contribution in [0.25, 0.3) is 0 Å². The Kier molecular flexibility index (Phi) is 7.14. The number of methoxy groups -OCH3 is 2. The molecule has 0 unspecified atom stereocenters. The van der Waals surface area contributed by atoms with Crippen LogP contribution < -0.4 is 0 Å². The summed E-state index contributed by atoms with van der Waals surface area (Å²) in [5.41, 5.74) is 0. The predicted octanol–water partition coefficient (Wildman–Crippen LogP) is 1.44. The van der Waals surface area contributed by atoms with Gasteiger partial charge in [0.1, 0.15) is 0 Å². The first kappa shape index (κ1) is 11.7. The zero-order valence-electron chi connectivity index (χ0n) is 7.57. The lowest BCUT2D eigenvalue weighted by atomic mass is 10.5. The fourth-order valence-electron chi connectivity index (χ4n) is 0.510. The summed E-state index contributed by atoms with van der Waals surface area (Å²) >= 11 is 1.49. The Bertz CT molecular complexity index is 152. The van der Waals surface area contributed by atoms with Crippen molar-refractivity contribution in [2.75, 3.05) is 20.0 Å². The van der Waals surface area contributed by atoms with E-state index in [2.05, 4.69) is 0 Å². The summed E-state index contributed by atoms with van der Waals surface area (Å²) in [5, 5.41) is 1.74. The van der Waals surface area contributed by atoms with Crippen molar-refractivity contribution in [2.45, 2.75) is 13.2 Å². The number of hydrogen-bond acceptors (Lipinski definition) is 4. The van der Waals surface area contributed by atoms with Gasteiger partial charge >= 0.3 is 0 Å². The van der Waals surface area contributed by atoms with E-state index in [9.17, 15) is 4.79 Å². The molecule has 0 aromatic rings. The van der Waals surface area contributed by atoms with Crippen LogP contribution >= 0.6 is 11.8 Å². The van der Waals surface area contributed by atoms with Gasteiger partial charge in [-0.15, -0.1) is 11.8 Å². The van der Waals surface area contributed by atoms with Gasteiger partial charge in [0.15, 0.2) is 12.1 Å². The summed E-state index contributed by atoms with van der Waals surface area (Å²) in [4.78, 5) is 10.5. The lowest BCUT2D eigenvalue weighted by molar-refractivity contribution is -0.112. The first-order chi connectivity index (χ1) is 5.70. The van der Waals surface area contributed by atoms with Crippen molar-refractivity contribution in [3.8, 4) is 0 Å². The molecule has 0 radical (unpaired) electrons. The molecule has 0 atom stereocenters. The Balaban J connectivity index is 3.47. The Labute approximate surface area is 77.1 Å². The standard InChI is InChI=1S/C8H14O3S/c1-7(9)4-5-12-6-8(10-2)11-3/h4-5,8H,6H2,1-3H3/b5-4-. The summed E-state index contributed by atoms with van der Waals surface area (Å²) in [6.45, 7) is 1.52. The highest BCUT2D eigenvalue weighted by molar-refractivity contribution is 8.02. The molecule has 0 aromatic carbocycles. The molecule has 0 saturated heterocycles. The fourth-order valence-corrected chi connectivity index (χ4v) is 1.34. The first-order valence-electron chi connectivity index (χ1n) is 3.55. The molecule has 4 heteroatoms. The van der Waals surface area contributed by atoms with Crippen molar-refractivity contribution in [3.63, 3.8) is 0 Å². The Morgan fingerprint density at radius 1 is 1.50 bits per heavy atom. The van der Waals surface area contributed by atoms with E-state index in [1.165, 1.54) is 24.8 Å². The minimum absolute atomic E-state index is 0.0499. The van der Waals surface area contributed by atoms with Gasteiger partial charge in [0.25, 0.3) is 0 Å². The van der Waals surface area contributed by atoms with E-state index in [1.54, 1.807) is 19.6 Å². The number of carbonyl (C=O) groups is 1. The maximum atomic E-state index is 10.5. The van der Waals surface area contributed by atoms with Gasteiger partial charge in [0.05, 0.1) is 0 Å². The number of carbonyl (C=O) groups excluding carboxylic acids is 1. The lowest BCUT2D eigenvalue weighted by Crippen LogP contribution is -2.15. The van der Waals surface area contributed by atoms with Gasteiger partial charge in [-0.05, 0) is 18.4 Å². The summed E-state index contributed by atoms with van der Waals surface area (Å²) in [6.07, 6.45) is 1.32. The average molecular weight is 190 g/mol. The van der Waals surface area contributed by atoms with E-state index in [1.807, 2.05) is 0 Å². The normalized spacial score (nSPS) is 11.3. The van der Waals surface area contributed by atoms with Crippen LogP contribution in [0.4, 0.5) is 0 Å². The van der Waals surface area contributed by atoms with Crippen molar-refractivity contribution in [1.82, 2.24) is 0 Å². The molecule has 0 amide bonds. The highest BCUT2D eigenvalue weighted by Gasteiger charge is 2.02. The number of hydrogen-bond donors (Lipinski definition) is 0. The number of ketones is 1. The highest BCUT2D eigenvalue weighted by Crippen LogP contribution is 2.06. The number of rotatable bonds is 6. The van der Waals surface area contributed by atoms with Crippen LogP contribution in [0.2, 0.25) is 0 Å². The molecule has 0 rings (SSSR count). The third-order valence-electron chi connectivity index (χ3n) is 1.16. The van der Waals surface area contributed by atoms with Gasteiger partial charge in [-0.2, -0.15) is 0 Å². The molecule has 3 nitrogen and oxygen atoms in total. The van der Waals surface area contributed by atoms with Crippen LogP contribution in [-0.4, -0.2) is 32.0 Å². The zero-order chi connectivity index (χ0) is 9.40. The van der Waals surface area contributed by atoms with Gasteiger partial charge in [-0.25, -0.2) is 0 Å². The topological polar surface area (TPSA) is 35.5 Å². The van der Waals surface area contributed by atoms with Crippen LogP contribution in [0.15, 0.2) is 11.5 Å². The van der Waals surface area contributed by atoms with E-state index in [0.29, 0.717) is 5.75 Å². The van der Waals surface area contributed by atoms with Crippen LogP contribution in [-0.2, 0) is 14.3 Å². The second kappa shape index (κ2) is 7.34. The van der Waals surface area contributed by atoms with Crippen LogP contribution in [0.1, 0.15) is 6.92 Å². The zero-order valence-corrected chi connectivity index (χ0v) is 8.39. The number of thioether (sulfide) groups is 1. The minimum atomic E-state index is -0.202. The van der Waals surface area contributed by atoms with Crippen molar-refractivity contribution in [2.24, 2.45) is 0 Å². The molecule has 0 heterocycles. The third kappa shape index (κ3) is 6.39. The quantitative estimate of drug-likeness (QED) is 0.469. The summed E-state index contributed by atoms with van der Waals surface area (Å²) in [7, 11) is 3.17. The molecule has 0 bridgehead atoms. The van der Waals surface area contributed by atoms with Gasteiger partial charge < -0.3 is 9.47 Å². The predicted molar refractivity (Wildman–Crippen MR) is 50.1 cm³/mol. The molecule has 0 aliphatic heterocycles. The van der Waals surface area contributed by atoms with E-state index in [4.69, 9.17) is 9.47 Å². The molecule has 12 heavy (non-hydrogen) atoms. The molecule has 0 saturated carbocycles. The van der Waals surface area contributed by atoms with E-state index >= 15 is 0 Å². The molecule has 0 aliphatic carbocycles. The molecule has 0 fully saturated rings. The molecule has 0 aromatic heterocycles. The average Bonchev–Trinajstić information content (AvgIpc) is 2.04. The second-order valence-corrected chi connectivity index (χ2v) is 3.09. The molecule has 70 valence electrons. The molecule has 0 spiro atoms. The monoisotopic (exact) mass is 190 g/mol. The molecular weight excluding hydrogens is 176 g/mol. The Morgan fingerprint density at radius 2 is 2.08 bits per heavy atom. The highest BCUT2D eigenvalue weighted by atomic mass is 32.2. The molecule has 0 N–H and O–H groups in total. The van der Waals surface area contributed by atoms with Crippen molar-refractivity contribution >= 4 is 17.5 Å². The van der Waals surface area contributed by atoms with Crippen LogP contribution in [0.3, 0.4) is 0 Å². The Hall–Kier alpha value is -0.320. The molecule has 0 aliphatic rings. The van der Waals surface area contributed by atoms with Gasteiger partial charge in [-0.1, -0.05) is 0 Å². The Morgan fingerprint density at radius 3 is 2.50 bits per heavy atom. The molecular formula is C8H14O3S. The van der Waals surface area contributed by atoms with Gasteiger partial charge in [-0.3, -0.25) is 4.79 Å². The van der Waals surface area contributed by atoms with Crippen molar-refractivity contribution in [3.05, 3.63) is 11.5 Å². The number of allylic oxidation sites excluding steroid dienone is 1. The summed E-state index contributed by atoms with van der Waals surface area (Å²) in [6, 6.07) is 0. The third-order valence-corrected chi connectivity index (χ3v) is 1.95. The fraction of sp³-hybridized carbons (Fsp3) is 0.625. The van der Waals surface area contributed by atoms with Crippen LogP contribution in [0, 0.1) is 0 Å². The maximum Gasteiger partial charge on any atom is 0.166 e. The maximum absolute atomic E-state index is 10.5. The second-order valence-electron chi connectivity index (χ2n) is 2.15. The van der Waals surface area contributed by atoms with Gasteiger partial charge in [0, 0.05) is 20.0 Å².